The number of hydrogen-bond donors (Lipinski definition) is 1. The molecule has 0 saturated heterocycles. The van der Waals surface area contributed by atoms with Crippen molar-refractivity contribution < 1.29 is 14.6 Å². The van der Waals surface area contributed by atoms with Gasteiger partial charge in [-0.15, -0.1) is 4.59 Å². The minimum atomic E-state index is -0.990. The van der Waals surface area contributed by atoms with Gasteiger partial charge in [0.25, 0.3) is 0 Å². The van der Waals surface area contributed by atoms with E-state index in [4.69, 9.17) is 9.84 Å². The monoisotopic (exact) mass is 261 g/mol. The molecule has 0 radical (unpaired) electrons. The fourth-order valence-corrected chi connectivity index (χ4v) is 2.20. The third-order valence-electron chi connectivity index (χ3n) is 3.26. The maximum absolute atomic E-state index is 11.1. The first-order valence-corrected chi connectivity index (χ1v) is 6.08. The van der Waals surface area contributed by atoms with E-state index in [1.807, 2.05) is 37.4 Å². The second-order valence-corrected chi connectivity index (χ2v) is 4.41. The van der Waals surface area contributed by atoms with Gasteiger partial charge in [-0.05, 0) is 26.0 Å². The fourth-order valence-electron chi connectivity index (χ4n) is 2.20. The zero-order valence-corrected chi connectivity index (χ0v) is 11.3. The Morgan fingerprint density at radius 3 is 2.42 bits per heavy atom. The molecule has 1 aliphatic rings. The summed E-state index contributed by atoms with van der Waals surface area (Å²) in [5.41, 5.74) is 1.72. The zero-order valence-electron chi connectivity index (χ0n) is 11.3. The van der Waals surface area contributed by atoms with Gasteiger partial charge in [-0.3, -0.25) is 0 Å². The molecule has 1 aliphatic heterocycles. The Labute approximate surface area is 112 Å². The van der Waals surface area contributed by atoms with E-state index in [1.165, 1.54) is 0 Å². The van der Waals surface area contributed by atoms with Gasteiger partial charge in [0.1, 0.15) is 18.5 Å². The second-order valence-electron chi connectivity index (χ2n) is 4.41. The summed E-state index contributed by atoms with van der Waals surface area (Å²) in [6.45, 7) is 4.40. The van der Waals surface area contributed by atoms with Crippen molar-refractivity contribution in [3.63, 3.8) is 0 Å². The van der Waals surface area contributed by atoms with Gasteiger partial charge in [0.15, 0.2) is 5.69 Å². The lowest BCUT2D eigenvalue weighted by atomic mass is 10.2. The molecule has 1 aromatic rings. The van der Waals surface area contributed by atoms with Crippen LogP contribution in [-0.4, -0.2) is 30.4 Å². The van der Waals surface area contributed by atoms with E-state index >= 15 is 0 Å². The molecule has 1 heterocycles. The second kappa shape index (κ2) is 4.85. The summed E-state index contributed by atoms with van der Waals surface area (Å²) in [5.74, 6) is -0.226. The lowest BCUT2D eigenvalue weighted by Gasteiger charge is -2.23. The van der Waals surface area contributed by atoms with Crippen molar-refractivity contribution in [3.8, 4) is 5.75 Å². The highest BCUT2D eigenvalue weighted by Crippen LogP contribution is 2.31. The summed E-state index contributed by atoms with van der Waals surface area (Å²) in [7, 11) is 1.61. The molecule has 0 amide bonds. The van der Waals surface area contributed by atoms with E-state index in [0.717, 1.165) is 11.4 Å². The Morgan fingerprint density at radius 1 is 1.37 bits per heavy atom. The lowest BCUT2D eigenvalue weighted by molar-refractivity contribution is -0.129. The van der Waals surface area contributed by atoms with Crippen LogP contribution in [0.1, 0.15) is 13.8 Å². The Balaban J connectivity index is 2.47. The summed E-state index contributed by atoms with van der Waals surface area (Å²) >= 11 is 0. The Hall–Kier alpha value is -2.14. The van der Waals surface area contributed by atoms with Crippen molar-refractivity contribution in [1.82, 2.24) is 4.59 Å². The number of benzene rings is 1. The molecule has 2 rings (SSSR count). The average molecular weight is 261 g/mol. The molecule has 0 saturated carbocycles. The molecule has 5 heteroatoms. The van der Waals surface area contributed by atoms with Crippen molar-refractivity contribution in [2.24, 2.45) is 5.10 Å². The molecular weight excluding hydrogens is 244 g/mol. The van der Waals surface area contributed by atoms with Crippen LogP contribution in [0.2, 0.25) is 0 Å². The number of nitrogens with zero attached hydrogens (tertiary/aromatic N) is 2. The molecule has 100 valence electrons. The van der Waals surface area contributed by atoms with Crippen LogP contribution in [0.3, 0.4) is 0 Å². The van der Waals surface area contributed by atoms with Gasteiger partial charge in [0, 0.05) is 17.7 Å². The van der Waals surface area contributed by atoms with Crippen LogP contribution < -0.4 is 9.33 Å². The van der Waals surface area contributed by atoms with Gasteiger partial charge in [0.2, 0.25) is 5.71 Å². The molecule has 0 aliphatic carbocycles. The summed E-state index contributed by atoms with van der Waals surface area (Å²) < 4.78 is 5.30. The Morgan fingerprint density at radius 2 is 2.00 bits per heavy atom. The summed E-state index contributed by atoms with van der Waals surface area (Å²) in [6, 6.07) is 7.51. The van der Waals surface area contributed by atoms with Gasteiger partial charge in [-0.1, -0.05) is 5.10 Å². The predicted octanol–water partition coefficient (Wildman–Crippen LogP) is 2.38. The third-order valence-corrected chi connectivity index (χ3v) is 3.26. The molecule has 1 unspecified atom stereocenters. The quantitative estimate of drug-likeness (QED) is 0.846. The highest BCUT2D eigenvalue weighted by molar-refractivity contribution is 6.43. The number of ether oxygens (including phenoxy) is 1. The summed E-state index contributed by atoms with van der Waals surface area (Å²) in [4.78, 5) is 11.1. The normalized spacial score (nSPS) is 21.8. The summed E-state index contributed by atoms with van der Waals surface area (Å²) in [5, 5.41) is 13.5. The zero-order chi connectivity index (χ0) is 14.0. The van der Waals surface area contributed by atoms with Gasteiger partial charge in [-0.2, -0.15) is 0 Å². The first-order valence-electron chi connectivity index (χ1n) is 6.08. The van der Waals surface area contributed by atoms with Crippen LogP contribution in [0.15, 0.2) is 41.1 Å². The highest BCUT2D eigenvalue weighted by atomic mass is 16.5. The van der Waals surface area contributed by atoms with Crippen LogP contribution in [0.4, 0.5) is 5.69 Å². The maximum atomic E-state index is 11.1. The van der Waals surface area contributed by atoms with Gasteiger partial charge >= 0.3 is 5.97 Å². The minimum Gasteiger partial charge on any atom is -0.497 e. The number of carboxylic acid groups (broad SMARTS) is 1. The van der Waals surface area contributed by atoms with E-state index in [2.05, 4.69) is 5.10 Å². The van der Waals surface area contributed by atoms with Gasteiger partial charge < -0.3 is 9.84 Å². The lowest BCUT2D eigenvalue weighted by Crippen LogP contribution is -2.36. The number of carbonyl (C=O) groups is 1. The topological polar surface area (TPSA) is 58.9 Å². The SMILES string of the molecule is CC[N+]1(c2ccc(OC)cc2)C=C(C)C(C(=O)O)=N1. The van der Waals surface area contributed by atoms with Crippen LogP contribution >= 0.6 is 0 Å². The molecule has 0 spiro atoms. The number of methoxy groups -OCH3 is 1. The van der Waals surface area contributed by atoms with Crippen molar-refractivity contribution in [2.75, 3.05) is 13.7 Å². The molecule has 19 heavy (non-hydrogen) atoms. The van der Waals surface area contributed by atoms with Crippen LogP contribution in [-0.2, 0) is 4.79 Å². The molecule has 0 fully saturated rings. The maximum Gasteiger partial charge on any atom is 0.360 e. The highest BCUT2D eigenvalue weighted by Gasteiger charge is 2.37. The number of quaternary nitrogens is 1. The first-order chi connectivity index (χ1) is 9.02. The third kappa shape index (κ3) is 2.24. The van der Waals surface area contributed by atoms with E-state index in [9.17, 15) is 4.79 Å². The number of hydrogen-bond acceptors (Lipinski definition) is 3. The number of carboxylic acids is 1. The molecular formula is C14H17N2O3+. The molecule has 0 bridgehead atoms. The van der Waals surface area contributed by atoms with Crippen LogP contribution in [0, 0.1) is 0 Å². The Bertz CT molecular complexity index is 561. The molecule has 5 nitrogen and oxygen atoms in total. The smallest absolute Gasteiger partial charge is 0.360 e. The molecule has 0 aromatic heterocycles. The van der Waals surface area contributed by atoms with Crippen molar-refractivity contribution >= 4 is 17.4 Å². The molecule has 1 N–H and O–H groups in total. The van der Waals surface area contributed by atoms with Crippen LogP contribution in [0.25, 0.3) is 0 Å². The number of aliphatic carboxylic acids is 1. The van der Waals surface area contributed by atoms with Crippen molar-refractivity contribution in [2.45, 2.75) is 13.8 Å². The minimum absolute atomic E-state index is 0.123. The average Bonchev–Trinajstić information content (AvgIpc) is 2.77. The molecule has 1 aromatic carbocycles. The number of rotatable bonds is 4. The van der Waals surface area contributed by atoms with Gasteiger partial charge in [-0.25, -0.2) is 4.79 Å². The fraction of sp³-hybridized carbons (Fsp3) is 0.286. The van der Waals surface area contributed by atoms with E-state index in [0.29, 0.717) is 12.1 Å². The predicted molar refractivity (Wildman–Crippen MR) is 74.2 cm³/mol. The molecule has 1 atom stereocenters. The van der Waals surface area contributed by atoms with Crippen LogP contribution in [0.5, 0.6) is 5.75 Å². The van der Waals surface area contributed by atoms with E-state index in [-0.39, 0.29) is 10.3 Å². The van der Waals surface area contributed by atoms with E-state index in [1.54, 1.807) is 14.0 Å². The van der Waals surface area contributed by atoms with Crippen molar-refractivity contribution in [1.29, 1.82) is 0 Å². The standard InChI is InChI=1S/C14H16N2O3/c1-4-16(9-10(2)13(15-16)14(17)18)11-5-7-12(19-3)8-6-11/h5-9H,4H2,1-3H3/p+1. The Kier molecular flexibility index (Phi) is 3.40. The van der Waals surface area contributed by atoms with E-state index < -0.39 is 5.97 Å². The largest absolute Gasteiger partial charge is 0.497 e. The van der Waals surface area contributed by atoms with Gasteiger partial charge in [0.05, 0.1) is 7.11 Å². The van der Waals surface area contributed by atoms with Crippen molar-refractivity contribution in [3.05, 3.63) is 36.0 Å². The summed E-state index contributed by atoms with van der Waals surface area (Å²) in [6.07, 6.45) is 1.87. The first kappa shape index (κ1) is 13.3.